The second kappa shape index (κ2) is 6.84. The van der Waals surface area contributed by atoms with Crippen LogP contribution in [0, 0.1) is 17.6 Å². The average Bonchev–Trinajstić information content (AvgIpc) is 2.84. The zero-order valence-electron chi connectivity index (χ0n) is 15.4. The molecule has 1 amide bonds. The molecule has 0 saturated heterocycles. The summed E-state index contributed by atoms with van der Waals surface area (Å²) in [5, 5.41) is 2.38. The number of amides is 1. The van der Waals surface area contributed by atoms with Crippen LogP contribution in [0.4, 0.5) is 18.9 Å². The molecule has 1 aliphatic rings. The molecule has 0 aliphatic carbocycles. The van der Waals surface area contributed by atoms with Crippen LogP contribution in [0.15, 0.2) is 29.3 Å². The molecule has 1 atom stereocenters. The van der Waals surface area contributed by atoms with Crippen LogP contribution >= 0.6 is 0 Å². The highest BCUT2D eigenvalue weighted by atomic mass is 32.2. The molecule has 2 aromatic rings. The summed E-state index contributed by atoms with van der Waals surface area (Å²) in [6.07, 6.45) is 1.22. The predicted octanol–water partition coefficient (Wildman–Crippen LogP) is 3.09. The SMILES string of the molecule is Cn1cc2c(c1C(=O)Nc1ccc(F)c(F)c1)OC[C@@H](C(C)(C)F)CS2(=O)=O. The number of alkyl halides is 1. The highest BCUT2D eigenvalue weighted by Gasteiger charge is 2.40. The van der Waals surface area contributed by atoms with Gasteiger partial charge >= 0.3 is 0 Å². The van der Waals surface area contributed by atoms with Crippen LogP contribution in [0.3, 0.4) is 0 Å². The van der Waals surface area contributed by atoms with Crippen LogP contribution in [-0.4, -0.2) is 36.9 Å². The molecular formula is C18H19F3N2O4S. The lowest BCUT2D eigenvalue weighted by Gasteiger charge is -2.24. The fourth-order valence-corrected chi connectivity index (χ4v) is 4.91. The van der Waals surface area contributed by atoms with E-state index in [2.05, 4.69) is 5.32 Å². The molecule has 1 N–H and O–H groups in total. The molecule has 0 saturated carbocycles. The van der Waals surface area contributed by atoms with Crippen molar-refractivity contribution >= 4 is 21.4 Å². The maximum atomic E-state index is 14.3. The quantitative estimate of drug-likeness (QED) is 0.834. The summed E-state index contributed by atoms with van der Waals surface area (Å²) in [5.41, 5.74) is -1.94. The molecule has 1 aromatic heterocycles. The molecule has 10 heteroatoms. The molecule has 0 spiro atoms. The van der Waals surface area contributed by atoms with E-state index in [9.17, 15) is 26.4 Å². The first-order valence-electron chi connectivity index (χ1n) is 8.40. The van der Waals surface area contributed by atoms with Gasteiger partial charge in [0.15, 0.2) is 32.9 Å². The Labute approximate surface area is 160 Å². The monoisotopic (exact) mass is 416 g/mol. The van der Waals surface area contributed by atoms with Crippen molar-refractivity contribution in [1.29, 1.82) is 0 Å². The summed E-state index contributed by atoms with van der Waals surface area (Å²) < 4.78 is 72.9. The minimum absolute atomic E-state index is 0.0157. The molecule has 6 nitrogen and oxygen atoms in total. The van der Waals surface area contributed by atoms with Crippen LogP contribution in [0.1, 0.15) is 24.3 Å². The Bertz CT molecular complexity index is 1040. The lowest BCUT2D eigenvalue weighted by Crippen LogP contribution is -2.35. The number of benzene rings is 1. The molecule has 0 fully saturated rings. The van der Waals surface area contributed by atoms with Gasteiger partial charge in [0.25, 0.3) is 5.91 Å². The van der Waals surface area contributed by atoms with Gasteiger partial charge < -0.3 is 14.6 Å². The number of hydrogen-bond donors (Lipinski definition) is 1. The van der Waals surface area contributed by atoms with E-state index in [-0.39, 0.29) is 28.6 Å². The van der Waals surface area contributed by atoms with Crippen LogP contribution in [-0.2, 0) is 16.9 Å². The largest absolute Gasteiger partial charge is 0.489 e. The zero-order valence-corrected chi connectivity index (χ0v) is 16.2. The van der Waals surface area contributed by atoms with Crippen LogP contribution in [0.2, 0.25) is 0 Å². The number of aryl methyl sites for hydroxylation is 1. The summed E-state index contributed by atoms with van der Waals surface area (Å²) in [7, 11) is -2.46. The van der Waals surface area contributed by atoms with E-state index in [1.54, 1.807) is 0 Å². The second-order valence-electron chi connectivity index (χ2n) is 7.22. The summed E-state index contributed by atoms with van der Waals surface area (Å²) in [6.45, 7) is 2.30. The highest BCUT2D eigenvalue weighted by Crippen LogP contribution is 2.37. The van der Waals surface area contributed by atoms with Crippen LogP contribution < -0.4 is 10.1 Å². The van der Waals surface area contributed by atoms with E-state index in [0.29, 0.717) is 0 Å². The van der Waals surface area contributed by atoms with Gasteiger partial charge in [0.05, 0.1) is 12.4 Å². The van der Waals surface area contributed by atoms with Crippen molar-refractivity contribution in [3.05, 3.63) is 41.7 Å². The van der Waals surface area contributed by atoms with Crippen molar-refractivity contribution in [2.24, 2.45) is 13.0 Å². The van der Waals surface area contributed by atoms with E-state index < -0.39 is 44.7 Å². The molecule has 1 aliphatic heterocycles. The van der Waals surface area contributed by atoms with E-state index in [0.717, 1.165) is 18.2 Å². The molecular weight excluding hydrogens is 397 g/mol. The number of nitrogens with one attached hydrogen (secondary N) is 1. The third-order valence-corrected chi connectivity index (χ3v) is 6.45. The first-order valence-corrected chi connectivity index (χ1v) is 10.1. The fraction of sp³-hybridized carbons (Fsp3) is 0.389. The molecule has 0 unspecified atom stereocenters. The normalized spacial score (nSPS) is 18.7. The number of hydrogen-bond acceptors (Lipinski definition) is 4. The molecule has 0 bridgehead atoms. The number of sulfone groups is 1. The molecule has 28 heavy (non-hydrogen) atoms. The number of halogens is 3. The number of carbonyl (C=O) groups is 1. The first-order chi connectivity index (χ1) is 12.9. The average molecular weight is 416 g/mol. The first kappa shape index (κ1) is 20.2. The van der Waals surface area contributed by atoms with Gasteiger partial charge in [-0.1, -0.05) is 0 Å². The van der Waals surface area contributed by atoms with Crippen molar-refractivity contribution < 1.29 is 31.1 Å². The highest BCUT2D eigenvalue weighted by molar-refractivity contribution is 7.91. The summed E-state index contributed by atoms with van der Waals surface area (Å²) in [6, 6.07) is 2.82. The Morgan fingerprint density at radius 1 is 1.29 bits per heavy atom. The van der Waals surface area contributed by atoms with Crippen LogP contribution in [0.25, 0.3) is 0 Å². The van der Waals surface area contributed by atoms with Crippen molar-refractivity contribution in [3.8, 4) is 5.75 Å². The van der Waals surface area contributed by atoms with Crippen LogP contribution in [0.5, 0.6) is 5.75 Å². The zero-order chi connectivity index (χ0) is 20.9. The Morgan fingerprint density at radius 3 is 2.57 bits per heavy atom. The van der Waals surface area contributed by atoms with Gasteiger partial charge in [-0.05, 0) is 26.0 Å². The third kappa shape index (κ3) is 3.73. The second-order valence-corrected chi connectivity index (χ2v) is 9.22. The fourth-order valence-electron chi connectivity index (χ4n) is 2.95. The molecule has 3 rings (SSSR count). The number of carbonyl (C=O) groups excluding carboxylic acids is 1. The lowest BCUT2D eigenvalue weighted by atomic mass is 9.95. The summed E-state index contributed by atoms with van der Waals surface area (Å²) >= 11 is 0. The maximum absolute atomic E-state index is 14.3. The van der Waals surface area contributed by atoms with Gasteiger partial charge in [0, 0.05) is 30.9 Å². The van der Waals surface area contributed by atoms with Gasteiger partial charge in [0.1, 0.15) is 10.6 Å². The van der Waals surface area contributed by atoms with Gasteiger partial charge in [-0.25, -0.2) is 21.6 Å². The lowest BCUT2D eigenvalue weighted by molar-refractivity contribution is 0.0934. The number of ether oxygens (including phenoxy) is 1. The number of fused-ring (bicyclic) bond motifs is 1. The smallest absolute Gasteiger partial charge is 0.276 e. The molecule has 1 aromatic carbocycles. The third-order valence-electron chi connectivity index (χ3n) is 4.65. The van der Waals surface area contributed by atoms with Gasteiger partial charge in [-0.15, -0.1) is 0 Å². The van der Waals surface area contributed by atoms with Gasteiger partial charge in [-0.3, -0.25) is 4.79 Å². The van der Waals surface area contributed by atoms with Gasteiger partial charge in [0.2, 0.25) is 0 Å². The van der Waals surface area contributed by atoms with E-state index in [4.69, 9.17) is 4.74 Å². The Hall–Kier alpha value is -2.49. The Balaban J connectivity index is 1.98. The number of nitrogens with zero attached hydrogens (tertiary/aromatic N) is 1. The minimum atomic E-state index is -3.91. The molecule has 2 heterocycles. The number of rotatable bonds is 3. The maximum Gasteiger partial charge on any atom is 0.276 e. The Kier molecular flexibility index (Phi) is 4.95. The van der Waals surface area contributed by atoms with Crippen molar-refractivity contribution in [2.45, 2.75) is 24.4 Å². The summed E-state index contributed by atoms with van der Waals surface area (Å²) in [4.78, 5) is 12.5. The van der Waals surface area contributed by atoms with Crippen molar-refractivity contribution in [1.82, 2.24) is 4.57 Å². The number of anilines is 1. The topological polar surface area (TPSA) is 77.4 Å². The summed E-state index contributed by atoms with van der Waals surface area (Å²) in [5.74, 6) is -4.55. The minimum Gasteiger partial charge on any atom is -0.489 e. The van der Waals surface area contributed by atoms with Crippen molar-refractivity contribution in [2.75, 3.05) is 17.7 Å². The molecule has 152 valence electrons. The van der Waals surface area contributed by atoms with E-state index in [1.807, 2.05) is 0 Å². The predicted molar refractivity (Wildman–Crippen MR) is 95.9 cm³/mol. The standard InChI is InChI=1S/C18H19F3N2O4S/c1-18(2,21)10-8-27-16-14(28(25,26)9-10)7-23(3)15(16)17(24)22-11-4-5-12(19)13(20)6-11/h4-7,10H,8-9H2,1-3H3,(H,22,24)/t10-/m1/s1. The van der Waals surface area contributed by atoms with E-state index >= 15 is 0 Å². The number of aromatic nitrogens is 1. The van der Waals surface area contributed by atoms with E-state index in [1.165, 1.54) is 31.7 Å². The molecule has 0 radical (unpaired) electrons. The Morgan fingerprint density at radius 2 is 1.96 bits per heavy atom. The van der Waals surface area contributed by atoms with Gasteiger partial charge in [-0.2, -0.15) is 0 Å². The van der Waals surface area contributed by atoms with Crippen molar-refractivity contribution in [3.63, 3.8) is 0 Å².